The van der Waals surface area contributed by atoms with Crippen molar-refractivity contribution in [2.24, 2.45) is 0 Å². The third-order valence-electron chi connectivity index (χ3n) is 4.11. The van der Waals surface area contributed by atoms with Crippen molar-refractivity contribution in [3.05, 3.63) is 17.7 Å². The molecule has 6 nitrogen and oxygen atoms in total. The lowest BCUT2D eigenvalue weighted by Crippen LogP contribution is -3.18. The van der Waals surface area contributed by atoms with Crippen LogP contribution in [0.4, 0.5) is 0 Å². The largest absolute Gasteiger partial charge is 0.493 e. The van der Waals surface area contributed by atoms with Gasteiger partial charge in [0.2, 0.25) is 5.75 Å². The predicted octanol–water partition coefficient (Wildman–Crippen LogP) is 1.14. The lowest BCUT2D eigenvalue weighted by molar-refractivity contribution is -0.941. The van der Waals surface area contributed by atoms with E-state index in [4.69, 9.17) is 14.2 Å². The van der Waals surface area contributed by atoms with E-state index in [-0.39, 0.29) is 5.91 Å². The highest BCUT2D eigenvalue weighted by Crippen LogP contribution is 2.38. The zero-order valence-electron chi connectivity index (χ0n) is 15.9. The first kappa shape index (κ1) is 20.1. The second-order valence-corrected chi connectivity index (χ2v) is 6.30. The summed E-state index contributed by atoms with van der Waals surface area (Å²) in [7, 11) is 4.60. The van der Waals surface area contributed by atoms with E-state index >= 15 is 0 Å². The van der Waals surface area contributed by atoms with Crippen LogP contribution in [0.25, 0.3) is 0 Å². The molecule has 136 valence electrons. The van der Waals surface area contributed by atoms with E-state index in [2.05, 4.69) is 33.0 Å². The minimum Gasteiger partial charge on any atom is -0.493 e. The minimum absolute atomic E-state index is 0.152. The van der Waals surface area contributed by atoms with Crippen LogP contribution >= 0.6 is 0 Å². The van der Waals surface area contributed by atoms with Crippen molar-refractivity contribution in [3.8, 4) is 17.2 Å². The Labute approximate surface area is 145 Å². The van der Waals surface area contributed by atoms with Crippen LogP contribution in [0.1, 0.15) is 38.1 Å². The number of quaternary nitrogens is 1. The third-order valence-corrected chi connectivity index (χ3v) is 4.11. The lowest BCUT2D eigenvalue weighted by atomic mass is 10.1. The Balaban J connectivity index is 2.81. The maximum Gasteiger partial charge on any atom is 0.251 e. The van der Waals surface area contributed by atoms with E-state index in [0.717, 1.165) is 6.54 Å². The average Bonchev–Trinajstić information content (AvgIpc) is 2.56. The molecule has 0 unspecified atom stereocenters. The number of rotatable bonds is 9. The predicted molar refractivity (Wildman–Crippen MR) is 94.5 cm³/mol. The maximum atomic E-state index is 12.4. The molecule has 1 amide bonds. The van der Waals surface area contributed by atoms with Crippen LogP contribution in [0.2, 0.25) is 0 Å². The Bertz CT molecular complexity index is 511. The molecule has 0 aliphatic heterocycles. The second kappa shape index (κ2) is 9.37. The molecule has 0 saturated carbocycles. The molecule has 0 atom stereocenters. The van der Waals surface area contributed by atoms with E-state index < -0.39 is 0 Å². The standard InChI is InChI=1S/C18H30N2O4/c1-12(2)20(13(3)4)9-8-19-18(21)14-10-15(22-5)17(24-7)16(11-14)23-6/h10-13H,8-9H2,1-7H3,(H,19,21)/p+1. The van der Waals surface area contributed by atoms with Crippen LogP contribution < -0.4 is 24.4 Å². The van der Waals surface area contributed by atoms with Crippen molar-refractivity contribution in [2.45, 2.75) is 39.8 Å². The zero-order chi connectivity index (χ0) is 18.3. The van der Waals surface area contributed by atoms with Crippen LogP contribution in [-0.4, -0.2) is 52.4 Å². The smallest absolute Gasteiger partial charge is 0.251 e. The molecule has 1 aromatic carbocycles. The maximum absolute atomic E-state index is 12.4. The van der Waals surface area contributed by atoms with Gasteiger partial charge in [-0.25, -0.2) is 0 Å². The topological polar surface area (TPSA) is 61.2 Å². The molecule has 0 radical (unpaired) electrons. The van der Waals surface area contributed by atoms with Gasteiger partial charge in [-0.1, -0.05) is 0 Å². The number of ether oxygens (including phenoxy) is 3. The molecule has 0 aliphatic rings. The number of amides is 1. The second-order valence-electron chi connectivity index (χ2n) is 6.30. The number of hydrogen-bond donors (Lipinski definition) is 2. The highest BCUT2D eigenvalue weighted by atomic mass is 16.5. The van der Waals surface area contributed by atoms with Gasteiger partial charge in [0.1, 0.15) is 0 Å². The lowest BCUT2D eigenvalue weighted by Gasteiger charge is -2.27. The molecule has 6 heteroatoms. The number of benzene rings is 1. The van der Waals surface area contributed by atoms with Gasteiger partial charge in [0, 0.05) is 5.56 Å². The summed E-state index contributed by atoms with van der Waals surface area (Å²) < 4.78 is 15.8. The van der Waals surface area contributed by atoms with Crippen molar-refractivity contribution >= 4 is 5.91 Å². The summed E-state index contributed by atoms with van der Waals surface area (Å²) in [6.07, 6.45) is 0. The SMILES string of the molecule is COc1cc(C(=O)NCC[NH+](C(C)C)C(C)C)cc(OC)c1OC. The van der Waals surface area contributed by atoms with Crippen LogP contribution in [0.3, 0.4) is 0 Å². The summed E-state index contributed by atoms with van der Waals surface area (Å²) in [5.41, 5.74) is 0.486. The summed E-state index contributed by atoms with van der Waals surface area (Å²) in [6, 6.07) is 4.35. The molecule has 2 N–H and O–H groups in total. The Hall–Kier alpha value is -1.95. The molecular formula is C18H31N2O4+. The molecule has 0 fully saturated rings. The minimum atomic E-state index is -0.152. The van der Waals surface area contributed by atoms with Gasteiger partial charge in [-0.2, -0.15) is 0 Å². The summed E-state index contributed by atoms with van der Waals surface area (Å²) in [5.74, 6) is 1.27. The number of methoxy groups -OCH3 is 3. The quantitative estimate of drug-likeness (QED) is 0.708. The molecule has 0 bridgehead atoms. The Kier molecular flexibility index (Phi) is 7.85. The van der Waals surface area contributed by atoms with Crippen LogP contribution in [0.15, 0.2) is 12.1 Å². The monoisotopic (exact) mass is 339 g/mol. The summed E-state index contributed by atoms with van der Waals surface area (Å²) in [5, 5.41) is 2.97. The highest BCUT2D eigenvalue weighted by molar-refractivity contribution is 5.95. The number of hydrogen-bond acceptors (Lipinski definition) is 4. The van der Waals surface area contributed by atoms with Gasteiger partial charge in [-0.05, 0) is 39.8 Å². The van der Waals surface area contributed by atoms with Crippen molar-refractivity contribution in [3.63, 3.8) is 0 Å². The molecule has 0 aliphatic carbocycles. The molecule has 0 heterocycles. The third kappa shape index (κ3) is 5.03. The average molecular weight is 339 g/mol. The number of carbonyl (C=O) groups is 1. The van der Waals surface area contributed by atoms with Crippen molar-refractivity contribution in [2.75, 3.05) is 34.4 Å². The molecule has 24 heavy (non-hydrogen) atoms. The molecule has 0 saturated heterocycles. The molecule has 0 aromatic heterocycles. The van der Waals surface area contributed by atoms with Gasteiger partial charge in [-0.3, -0.25) is 4.79 Å². The van der Waals surface area contributed by atoms with Gasteiger partial charge >= 0.3 is 0 Å². The first-order chi connectivity index (χ1) is 11.3. The molecule has 0 spiro atoms. The Morgan fingerprint density at radius 2 is 1.50 bits per heavy atom. The van der Waals surface area contributed by atoms with Gasteiger partial charge in [0.15, 0.2) is 11.5 Å². The summed E-state index contributed by atoms with van der Waals surface area (Å²) in [4.78, 5) is 13.9. The van der Waals surface area contributed by atoms with Gasteiger partial charge < -0.3 is 24.4 Å². The Morgan fingerprint density at radius 1 is 1.00 bits per heavy atom. The first-order valence-corrected chi connectivity index (χ1v) is 8.29. The molecule has 1 aromatic rings. The van der Waals surface area contributed by atoms with E-state index in [1.165, 1.54) is 26.2 Å². The van der Waals surface area contributed by atoms with Crippen molar-refractivity contribution in [1.29, 1.82) is 0 Å². The fourth-order valence-corrected chi connectivity index (χ4v) is 2.88. The van der Waals surface area contributed by atoms with Crippen LogP contribution in [0.5, 0.6) is 17.2 Å². The first-order valence-electron chi connectivity index (χ1n) is 8.29. The van der Waals surface area contributed by atoms with Crippen LogP contribution in [0, 0.1) is 0 Å². The zero-order valence-corrected chi connectivity index (χ0v) is 15.9. The summed E-state index contributed by atoms with van der Waals surface area (Å²) >= 11 is 0. The van der Waals surface area contributed by atoms with E-state index in [1.54, 1.807) is 12.1 Å². The van der Waals surface area contributed by atoms with Crippen LogP contribution in [-0.2, 0) is 0 Å². The number of carbonyl (C=O) groups excluding carboxylic acids is 1. The van der Waals surface area contributed by atoms with Gasteiger partial charge in [0.25, 0.3) is 5.91 Å². The normalized spacial score (nSPS) is 11.1. The Morgan fingerprint density at radius 3 is 1.88 bits per heavy atom. The van der Waals surface area contributed by atoms with Crippen molar-refractivity contribution < 1.29 is 23.9 Å². The van der Waals surface area contributed by atoms with Gasteiger partial charge in [0.05, 0.1) is 46.5 Å². The highest BCUT2D eigenvalue weighted by Gasteiger charge is 2.19. The fourth-order valence-electron chi connectivity index (χ4n) is 2.88. The van der Waals surface area contributed by atoms with E-state index in [9.17, 15) is 4.79 Å². The van der Waals surface area contributed by atoms with Crippen molar-refractivity contribution in [1.82, 2.24) is 5.32 Å². The summed E-state index contributed by atoms with van der Waals surface area (Å²) in [6.45, 7) is 10.3. The van der Waals surface area contributed by atoms with Gasteiger partial charge in [-0.15, -0.1) is 0 Å². The van der Waals surface area contributed by atoms with E-state index in [0.29, 0.717) is 41.4 Å². The molecular weight excluding hydrogens is 308 g/mol. The molecule has 1 rings (SSSR count). The number of nitrogens with one attached hydrogen (secondary N) is 2. The van der Waals surface area contributed by atoms with E-state index in [1.807, 2.05) is 0 Å². The fraction of sp³-hybridized carbons (Fsp3) is 0.611.